The topological polar surface area (TPSA) is 35.5 Å². The predicted molar refractivity (Wildman–Crippen MR) is 87.1 cm³/mol. The lowest BCUT2D eigenvalue weighted by atomic mass is 9.82. The van der Waals surface area contributed by atoms with Crippen molar-refractivity contribution in [3.63, 3.8) is 0 Å². The number of rotatable bonds is 10. The molecule has 1 aliphatic heterocycles. The van der Waals surface area contributed by atoms with E-state index in [4.69, 9.17) is 0 Å². The summed E-state index contributed by atoms with van der Waals surface area (Å²) in [5.74, 6) is 0. The molecule has 20 heavy (non-hydrogen) atoms. The molecule has 3 heteroatoms. The third-order valence-electron chi connectivity index (χ3n) is 5.68. The average molecular weight is 284 g/mol. The zero-order valence-electron chi connectivity index (χ0n) is 14.2. The molecule has 1 atom stereocenters. The molecule has 1 heterocycles. The lowest BCUT2D eigenvalue weighted by Crippen LogP contribution is -2.48. The maximum Gasteiger partial charge on any atom is 0.0613 e. The van der Waals surface area contributed by atoms with Crippen molar-refractivity contribution in [2.24, 2.45) is 5.41 Å². The Labute approximate surface area is 126 Å². The van der Waals surface area contributed by atoms with Gasteiger partial charge in [0.05, 0.1) is 6.61 Å². The van der Waals surface area contributed by atoms with E-state index in [2.05, 4.69) is 37.9 Å². The molecule has 1 fully saturated rings. The van der Waals surface area contributed by atoms with Crippen LogP contribution in [0.25, 0.3) is 0 Å². The lowest BCUT2D eigenvalue weighted by Gasteiger charge is -2.33. The molecule has 0 spiro atoms. The van der Waals surface area contributed by atoms with Crippen molar-refractivity contribution in [2.75, 3.05) is 32.8 Å². The molecule has 1 aliphatic rings. The van der Waals surface area contributed by atoms with E-state index >= 15 is 0 Å². The van der Waals surface area contributed by atoms with Gasteiger partial charge < -0.3 is 15.3 Å². The standard InChI is InChI=1S/C17H36N2O/c1-5-16(6-2)11-13-19(14-16)12-9-10-17(7-3,15-20)18-8-4/h18,20H,5-15H2,1-4H3. The van der Waals surface area contributed by atoms with E-state index in [0.29, 0.717) is 5.41 Å². The van der Waals surface area contributed by atoms with Crippen molar-refractivity contribution in [2.45, 2.75) is 71.8 Å². The monoisotopic (exact) mass is 284 g/mol. The van der Waals surface area contributed by atoms with Crippen LogP contribution in [-0.4, -0.2) is 48.3 Å². The first kappa shape index (κ1) is 17.9. The molecule has 0 aromatic rings. The molecule has 0 amide bonds. The van der Waals surface area contributed by atoms with E-state index in [1.54, 1.807) is 0 Å². The van der Waals surface area contributed by atoms with Crippen molar-refractivity contribution in [3.05, 3.63) is 0 Å². The van der Waals surface area contributed by atoms with Crippen molar-refractivity contribution in [3.8, 4) is 0 Å². The summed E-state index contributed by atoms with van der Waals surface area (Å²) in [4.78, 5) is 2.64. The summed E-state index contributed by atoms with van der Waals surface area (Å²) in [6, 6.07) is 0. The molecule has 0 bridgehead atoms. The fourth-order valence-electron chi connectivity index (χ4n) is 3.70. The molecule has 0 aromatic heterocycles. The number of aliphatic hydroxyl groups excluding tert-OH is 1. The number of aliphatic hydroxyl groups is 1. The second kappa shape index (κ2) is 8.35. The highest BCUT2D eigenvalue weighted by atomic mass is 16.3. The van der Waals surface area contributed by atoms with Gasteiger partial charge in [0, 0.05) is 12.1 Å². The first-order valence-corrected chi connectivity index (χ1v) is 8.67. The highest BCUT2D eigenvalue weighted by molar-refractivity contribution is 4.89. The number of nitrogens with one attached hydrogen (secondary N) is 1. The summed E-state index contributed by atoms with van der Waals surface area (Å²) in [6.07, 6.45) is 7.26. The van der Waals surface area contributed by atoms with Crippen LogP contribution in [-0.2, 0) is 0 Å². The van der Waals surface area contributed by atoms with Gasteiger partial charge in [0.2, 0.25) is 0 Å². The maximum atomic E-state index is 9.68. The molecule has 0 saturated carbocycles. The molecular weight excluding hydrogens is 248 g/mol. The molecule has 1 rings (SSSR count). The van der Waals surface area contributed by atoms with Crippen LogP contribution >= 0.6 is 0 Å². The highest BCUT2D eigenvalue weighted by Gasteiger charge is 2.34. The second-order valence-corrected chi connectivity index (χ2v) is 6.66. The number of likely N-dealkylation sites (N-methyl/N-ethyl adjacent to an activating group) is 1. The lowest BCUT2D eigenvalue weighted by molar-refractivity contribution is 0.140. The third kappa shape index (κ3) is 4.44. The number of nitrogens with zero attached hydrogens (tertiary/aromatic N) is 1. The van der Waals surface area contributed by atoms with Crippen LogP contribution in [0.1, 0.15) is 66.2 Å². The average Bonchev–Trinajstić information content (AvgIpc) is 2.90. The molecule has 1 unspecified atom stereocenters. The molecule has 3 nitrogen and oxygen atoms in total. The Morgan fingerprint density at radius 1 is 1.20 bits per heavy atom. The predicted octanol–water partition coefficient (Wildman–Crippen LogP) is 3.03. The highest BCUT2D eigenvalue weighted by Crippen LogP contribution is 2.37. The zero-order chi connectivity index (χ0) is 15.1. The van der Waals surface area contributed by atoms with Gasteiger partial charge in [-0.25, -0.2) is 0 Å². The summed E-state index contributed by atoms with van der Waals surface area (Å²) in [5, 5.41) is 13.2. The summed E-state index contributed by atoms with van der Waals surface area (Å²) in [6.45, 7) is 13.9. The largest absolute Gasteiger partial charge is 0.394 e. The van der Waals surface area contributed by atoms with E-state index in [9.17, 15) is 5.11 Å². The van der Waals surface area contributed by atoms with Crippen LogP contribution < -0.4 is 5.32 Å². The second-order valence-electron chi connectivity index (χ2n) is 6.66. The number of hydrogen-bond donors (Lipinski definition) is 2. The molecule has 2 N–H and O–H groups in total. The van der Waals surface area contributed by atoms with E-state index in [1.807, 2.05) is 0 Å². The molecular formula is C17H36N2O. The van der Waals surface area contributed by atoms with Crippen molar-refractivity contribution < 1.29 is 5.11 Å². The Bertz CT molecular complexity index is 260. The fourth-order valence-corrected chi connectivity index (χ4v) is 3.70. The quantitative estimate of drug-likeness (QED) is 0.647. The van der Waals surface area contributed by atoms with Gasteiger partial charge in [-0.15, -0.1) is 0 Å². The Kier molecular flexibility index (Phi) is 7.49. The molecule has 0 aromatic carbocycles. The number of hydrogen-bond acceptors (Lipinski definition) is 3. The van der Waals surface area contributed by atoms with Crippen LogP contribution in [0.4, 0.5) is 0 Å². The zero-order valence-corrected chi connectivity index (χ0v) is 14.2. The third-order valence-corrected chi connectivity index (χ3v) is 5.68. The summed E-state index contributed by atoms with van der Waals surface area (Å²) < 4.78 is 0. The van der Waals surface area contributed by atoms with E-state index in [1.165, 1.54) is 45.3 Å². The van der Waals surface area contributed by atoms with Crippen LogP contribution in [0.3, 0.4) is 0 Å². The molecule has 120 valence electrons. The van der Waals surface area contributed by atoms with Crippen molar-refractivity contribution in [1.29, 1.82) is 0 Å². The Hall–Kier alpha value is -0.120. The van der Waals surface area contributed by atoms with Crippen LogP contribution in [0.15, 0.2) is 0 Å². The van der Waals surface area contributed by atoms with E-state index < -0.39 is 0 Å². The van der Waals surface area contributed by atoms with Gasteiger partial charge >= 0.3 is 0 Å². The first-order valence-electron chi connectivity index (χ1n) is 8.67. The van der Waals surface area contributed by atoms with E-state index in [0.717, 1.165) is 19.4 Å². The minimum atomic E-state index is -0.0545. The summed E-state index contributed by atoms with van der Waals surface area (Å²) in [7, 11) is 0. The molecule has 0 aliphatic carbocycles. The summed E-state index contributed by atoms with van der Waals surface area (Å²) >= 11 is 0. The first-order chi connectivity index (χ1) is 9.59. The van der Waals surface area contributed by atoms with Gasteiger partial charge in [-0.2, -0.15) is 0 Å². The Morgan fingerprint density at radius 3 is 2.35 bits per heavy atom. The van der Waals surface area contributed by atoms with Crippen LogP contribution in [0.5, 0.6) is 0 Å². The van der Waals surface area contributed by atoms with Gasteiger partial charge in [0.25, 0.3) is 0 Å². The van der Waals surface area contributed by atoms with Crippen LogP contribution in [0, 0.1) is 5.41 Å². The van der Waals surface area contributed by atoms with Gasteiger partial charge in [-0.3, -0.25) is 0 Å². The molecule has 1 saturated heterocycles. The number of likely N-dealkylation sites (tertiary alicyclic amines) is 1. The Balaban J connectivity index is 2.37. The van der Waals surface area contributed by atoms with Gasteiger partial charge in [0.15, 0.2) is 0 Å². The minimum absolute atomic E-state index is 0.0545. The SMILES string of the molecule is CCNC(CC)(CO)CCCN1CCC(CC)(CC)C1. The van der Waals surface area contributed by atoms with Crippen molar-refractivity contribution >= 4 is 0 Å². The summed E-state index contributed by atoms with van der Waals surface area (Å²) in [5.41, 5.74) is 0.529. The fraction of sp³-hybridized carbons (Fsp3) is 1.00. The van der Waals surface area contributed by atoms with Gasteiger partial charge in [0.1, 0.15) is 0 Å². The van der Waals surface area contributed by atoms with Gasteiger partial charge in [-0.05, 0) is 63.6 Å². The Morgan fingerprint density at radius 2 is 1.90 bits per heavy atom. The van der Waals surface area contributed by atoms with E-state index in [-0.39, 0.29) is 12.1 Å². The normalized spacial score (nSPS) is 22.1. The minimum Gasteiger partial charge on any atom is -0.394 e. The maximum absolute atomic E-state index is 9.68. The van der Waals surface area contributed by atoms with Gasteiger partial charge in [-0.1, -0.05) is 27.7 Å². The molecule has 0 radical (unpaired) electrons. The van der Waals surface area contributed by atoms with Crippen molar-refractivity contribution in [1.82, 2.24) is 10.2 Å². The smallest absolute Gasteiger partial charge is 0.0613 e. The van der Waals surface area contributed by atoms with Crippen LogP contribution in [0.2, 0.25) is 0 Å².